The van der Waals surface area contributed by atoms with Crippen LogP contribution in [0.4, 0.5) is 0 Å². The topological polar surface area (TPSA) is 38.8 Å². The fraction of sp³-hybridized carbons (Fsp3) is 0.588. The maximum Gasteiger partial charge on any atom is 0.226 e. The second-order valence-electron chi connectivity index (χ2n) is 6.21. The minimum atomic E-state index is 0.116. The van der Waals surface area contributed by atoms with E-state index < -0.39 is 0 Å². The largest absolute Gasteiger partial charge is 0.489 e. The van der Waals surface area contributed by atoms with E-state index in [1.807, 2.05) is 24.1 Å². The lowest BCUT2D eigenvalue weighted by atomic mass is 10.1. The number of hydrogen-bond donors (Lipinski definition) is 0. The Labute approximate surface area is 136 Å². The van der Waals surface area contributed by atoms with Crippen LogP contribution in [0.15, 0.2) is 12.1 Å². The summed E-state index contributed by atoms with van der Waals surface area (Å²) in [7, 11) is 1.88. The van der Waals surface area contributed by atoms with Crippen molar-refractivity contribution in [2.24, 2.45) is 5.92 Å². The van der Waals surface area contributed by atoms with Gasteiger partial charge in [0.05, 0.1) is 24.7 Å². The highest BCUT2D eigenvalue weighted by Gasteiger charge is 2.32. The molecule has 1 saturated carbocycles. The van der Waals surface area contributed by atoms with Gasteiger partial charge in [0.25, 0.3) is 0 Å². The van der Waals surface area contributed by atoms with Crippen LogP contribution in [0.25, 0.3) is 0 Å². The van der Waals surface area contributed by atoms with Gasteiger partial charge in [-0.2, -0.15) is 0 Å². The van der Waals surface area contributed by atoms with Crippen molar-refractivity contribution in [3.63, 3.8) is 0 Å². The highest BCUT2D eigenvalue weighted by molar-refractivity contribution is 6.32. The van der Waals surface area contributed by atoms with Crippen LogP contribution in [0.2, 0.25) is 5.02 Å². The Morgan fingerprint density at radius 3 is 2.82 bits per heavy atom. The Morgan fingerprint density at radius 2 is 2.09 bits per heavy atom. The molecule has 1 heterocycles. The Morgan fingerprint density at radius 1 is 1.36 bits per heavy atom. The molecule has 2 aliphatic rings. The van der Waals surface area contributed by atoms with Crippen molar-refractivity contribution in [1.29, 1.82) is 0 Å². The zero-order valence-electron chi connectivity index (χ0n) is 13.1. The van der Waals surface area contributed by atoms with E-state index in [1.165, 1.54) is 12.8 Å². The van der Waals surface area contributed by atoms with Gasteiger partial charge in [0.2, 0.25) is 5.91 Å². The average Bonchev–Trinajstić information content (AvgIpc) is 3.32. The third-order valence-corrected chi connectivity index (χ3v) is 4.81. The molecule has 0 saturated heterocycles. The normalized spacial score (nSPS) is 18.5. The lowest BCUT2D eigenvalue weighted by molar-refractivity contribution is -0.131. The third kappa shape index (κ3) is 3.32. The molecule has 1 unspecified atom stereocenters. The SMILES string of the molecule is CC(C1CC1)N(C)C(=O)Cc1cc(Cl)c2c(c1)OCCCO2. The van der Waals surface area contributed by atoms with Gasteiger partial charge >= 0.3 is 0 Å². The van der Waals surface area contributed by atoms with Crippen LogP contribution < -0.4 is 9.47 Å². The first-order chi connectivity index (χ1) is 10.6. The maximum absolute atomic E-state index is 12.4. The molecule has 1 fully saturated rings. The summed E-state index contributed by atoms with van der Waals surface area (Å²) in [4.78, 5) is 14.3. The quantitative estimate of drug-likeness (QED) is 0.853. The number of rotatable bonds is 4. The van der Waals surface area contributed by atoms with Crippen LogP contribution in [0.1, 0.15) is 31.7 Å². The summed E-state index contributed by atoms with van der Waals surface area (Å²) in [6.45, 7) is 3.34. The van der Waals surface area contributed by atoms with E-state index >= 15 is 0 Å². The first-order valence-electron chi connectivity index (χ1n) is 7.90. The average molecular weight is 324 g/mol. The molecule has 120 valence electrons. The number of carbonyl (C=O) groups excluding carboxylic acids is 1. The molecular weight excluding hydrogens is 302 g/mol. The standard InChI is InChI=1S/C17H22ClNO3/c1-11(13-4-5-13)19(2)16(20)10-12-8-14(18)17-15(9-12)21-6-3-7-22-17/h8-9,11,13H,3-7,10H2,1-2H3. The van der Waals surface area contributed by atoms with Gasteiger partial charge in [0.1, 0.15) is 0 Å². The molecule has 0 aromatic heterocycles. The highest BCUT2D eigenvalue weighted by Crippen LogP contribution is 2.38. The first kappa shape index (κ1) is 15.5. The molecule has 1 aromatic carbocycles. The van der Waals surface area contributed by atoms with Crippen LogP contribution in [-0.4, -0.2) is 37.1 Å². The second kappa shape index (κ2) is 6.37. The lowest BCUT2D eigenvalue weighted by Gasteiger charge is -2.25. The number of nitrogens with zero attached hydrogens (tertiary/aromatic N) is 1. The van der Waals surface area contributed by atoms with Crippen LogP contribution in [0, 0.1) is 5.92 Å². The smallest absolute Gasteiger partial charge is 0.226 e. The minimum Gasteiger partial charge on any atom is -0.489 e. The van der Waals surface area contributed by atoms with Crippen molar-refractivity contribution in [3.8, 4) is 11.5 Å². The number of carbonyl (C=O) groups is 1. The highest BCUT2D eigenvalue weighted by atomic mass is 35.5. The molecule has 1 aliphatic carbocycles. The van der Waals surface area contributed by atoms with E-state index in [0.717, 1.165) is 12.0 Å². The molecule has 5 heteroatoms. The second-order valence-corrected chi connectivity index (χ2v) is 6.62. The zero-order valence-corrected chi connectivity index (χ0v) is 13.9. The molecule has 3 rings (SSSR count). The van der Waals surface area contributed by atoms with Crippen molar-refractivity contribution in [2.45, 2.75) is 38.6 Å². The molecule has 1 aromatic rings. The lowest BCUT2D eigenvalue weighted by Crippen LogP contribution is -2.37. The summed E-state index contributed by atoms with van der Waals surface area (Å²) in [5.41, 5.74) is 0.870. The third-order valence-electron chi connectivity index (χ3n) is 4.53. The zero-order chi connectivity index (χ0) is 15.7. The molecule has 1 amide bonds. The molecule has 4 nitrogen and oxygen atoms in total. The molecule has 1 atom stereocenters. The Kier molecular flexibility index (Phi) is 4.48. The number of halogens is 1. The number of ether oxygens (including phenoxy) is 2. The Hall–Kier alpha value is -1.42. The summed E-state index contributed by atoms with van der Waals surface area (Å²) in [5, 5.41) is 0.514. The van der Waals surface area contributed by atoms with Crippen LogP contribution in [-0.2, 0) is 11.2 Å². The Balaban J connectivity index is 1.73. The number of fused-ring (bicyclic) bond motifs is 1. The fourth-order valence-corrected chi connectivity index (χ4v) is 3.10. The Bertz CT molecular complexity index is 571. The summed E-state index contributed by atoms with van der Waals surface area (Å²) in [6.07, 6.45) is 3.63. The fourth-order valence-electron chi connectivity index (χ4n) is 2.81. The summed E-state index contributed by atoms with van der Waals surface area (Å²) < 4.78 is 11.3. The predicted molar refractivity (Wildman–Crippen MR) is 85.7 cm³/mol. The van der Waals surface area contributed by atoms with Crippen molar-refractivity contribution in [2.75, 3.05) is 20.3 Å². The van der Waals surface area contributed by atoms with Gasteiger partial charge in [-0.15, -0.1) is 0 Å². The van der Waals surface area contributed by atoms with Gasteiger partial charge in [-0.25, -0.2) is 0 Å². The van der Waals surface area contributed by atoms with Crippen molar-refractivity contribution < 1.29 is 14.3 Å². The number of hydrogen-bond acceptors (Lipinski definition) is 3. The minimum absolute atomic E-state index is 0.116. The van der Waals surface area contributed by atoms with E-state index in [2.05, 4.69) is 6.92 Å². The van der Waals surface area contributed by atoms with Crippen molar-refractivity contribution >= 4 is 17.5 Å². The predicted octanol–water partition coefficient (Wildman–Crippen LogP) is 3.30. The van der Waals surface area contributed by atoms with Gasteiger partial charge < -0.3 is 14.4 Å². The summed E-state index contributed by atoms with van der Waals surface area (Å²) in [6, 6.07) is 3.99. The molecule has 0 N–H and O–H groups in total. The van der Waals surface area contributed by atoms with E-state index in [4.69, 9.17) is 21.1 Å². The maximum atomic E-state index is 12.4. The molecule has 0 radical (unpaired) electrons. The monoisotopic (exact) mass is 323 g/mol. The van der Waals surface area contributed by atoms with Crippen LogP contribution in [0.3, 0.4) is 0 Å². The van der Waals surface area contributed by atoms with Gasteiger partial charge in [-0.3, -0.25) is 4.79 Å². The van der Waals surface area contributed by atoms with E-state index in [9.17, 15) is 4.79 Å². The van der Waals surface area contributed by atoms with Crippen molar-refractivity contribution in [3.05, 3.63) is 22.7 Å². The van der Waals surface area contributed by atoms with Gasteiger partial charge in [-0.05, 0) is 43.4 Å². The molecule has 0 spiro atoms. The van der Waals surface area contributed by atoms with Crippen LogP contribution >= 0.6 is 11.6 Å². The van der Waals surface area contributed by atoms with Crippen LogP contribution in [0.5, 0.6) is 11.5 Å². The molecular formula is C17H22ClNO3. The number of amides is 1. The summed E-state index contributed by atoms with van der Waals surface area (Å²) >= 11 is 6.28. The number of benzene rings is 1. The van der Waals surface area contributed by atoms with Crippen molar-refractivity contribution in [1.82, 2.24) is 4.90 Å². The van der Waals surface area contributed by atoms with E-state index in [1.54, 1.807) is 0 Å². The molecule has 0 bridgehead atoms. The van der Waals surface area contributed by atoms with E-state index in [-0.39, 0.29) is 5.91 Å². The van der Waals surface area contributed by atoms with Gasteiger partial charge in [-0.1, -0.05) is 11.6 Å². The molecule has 22 heavy (non-hydrogen) atoms. The van der Waals surface area contributed by atoms with E-state index in [0.29, 0.717) is 48.1 Å². The summed E-state index contributed by atoms with van der Waals surface area (Å²) in [5.74, 6) is 2.02. The first-order valence-corrected chi connectivity index (χ1v) is 8.27. The van der Waals surface area contributed by atoms with Gasteiger partial charge in [0.15, 0.2) is 11.5 Å². The van der Waals surface area contributed by atoms with Gasteiger partial charge in [0, 0.05) is 19.5 Å². The number of likely N-dealkylation sites (N-methyl/N-ethyl adjacent to an activating group) is 1. The molecule has 1 aliphatic heterocycles.